The number of ether oxygens (including phenoxy) is 1. The molecule has 1 aromatic rings. The van der Waals surface area contributed by atoms with Crippen LogP contribution in [-0.4, -0.2) is 54.7 Å². The molecule has 6 heteroatoms. The summed E-state index contributed by atoms with van der Waals surface area (Å²) in [7, 11) is 0. The van der Waals surface area contributed by atoms with Crippen LogP contribution in [0.1, 0.15) is 25.3 Å². The first kappa shape index (κ1) is 15.8. The highest BCUT2D eigenvalue weighted by atomic mass is 16.5. The molecule has 122 valence electrons. The van der Waals surface area contributed by atoms with Crippen molar-refractivity contribution in [2.45, 2.75) is 25.8 Å². The van der Waals surface area contributed by atoms with Gasteiger partial charge in [-0.1, -0.05) is 0 Å². The van der Waals surface area contributed by atoms with E-state index in [4.69, 9.17) is 10.00 Å². The Balaban J connectivity index is 1.57. The molecule has 2 aliphatic rings. The van der Waals surface area contributed by atoms with E-state index in [2.05, 4.69) is 16.0 Å². The zero-order chi connectivity index (χ0) is 16.2. The van der Waals surface area contributed by atoms with Crippen LogP contribution in [0.4, 0.5) is 5.82 Å². The molecule has 23 heavy (non-hydrogen) atoms. The van der Waals surface area contributed by atoms with Gasteiger partial charge in [0.15, 0.2) is 0 Å². The zero-order valence-corrected chi connectivity index (χ0v) is 13.4. The molecular formula is C17H22N4O2. The van der Waals surface area contributed by atoms with E-state index in [0.29, 0.717) is 25.3 Å². The summed E-state index contributed by atoms with van der Waals surface area (Å²) >= 11 is 0. The third-order valence-corrected chi connectivity index (χ3v) is 4.70. The maximum atomic E-state index is 12.7. The average Bonchev–Trinajstić information content (AvgIpc) is 2.62. The van der Waals surface area contributed by atoms with E-state index >= 15 is 0 Å². The fraction of sp³-hybridized carbons (Fsp3) is 0.588. The molecule has 0 bridgehead atoms. The average molecular weight is 314 g/mol. The highest BCUT2D eigenvalue weighted by Crippen LogP contribution is 2.24. The van der Waals surface area contributed by atoms with Gasteiger partial charge in [0.25, 0.3) is 0 Å². The van der Waals surface area contributed by atoms with E-state index in [1.165, 1.54) is 0 Å². The predicted octanol–water partition coefficient (Wildman–Crippen LogP) is 1.42. The quantitative estimate of drug-likeness (QED) is 0.825. The number of aromatic nitrogens is 1. The summed E-state index contributed by atoms with van der Waals surface area (Å²) in [4.78, 5) is 21.2. The maximum Gasteiger partial charge on any atom is 0.226 e. The molecule has 0 N–H and O–H groups in total. The van der Waals surface area contributed by atoms with Crippen molar-refractivity contribution in [3.05, 3.63) is 23.9 Å². The first-order valence-electron chi connectivity index (χ1n) is 8.18. The third kappa shape index (κ3) is 3.45. The van der Waals surface area contributed by atoms with Crippen molar-refractivity contribution in [1.82, 2.24) is 9.88 Å². The molecular weight excluding hydrogens is 292 g/mol. The number of morpholine rings is 1. The van der Waals surface area contributed by atoms with Crippen LogP contribution < -0.4 is 4.90 Å². The summed E-state index contributed by atoms with van der Waals surface area (Å²) in [6.45, 7) is 5.69. The minimum absolute atomic E-state index is 0.102. The first-order valence-corrected chi connectivity index (χ1v) is 8.18. The number of carbonyl (C=O) groups is 1. The first-order chi connectivity index (χ1) is 11.2. The van der Waals surface area contributed by atoms with Gasteiger partial charge in [-0.25, -0.2) is 4.98 Å². The normalized spacial score (nSPS) is 22.7. The Kier molecular flexibility index (Phi) is 4.77. The molecule has 0 aliphatic carbocycles. The fourth-order valence-electron chi connectivity index (χ4n) is 3.28. The van der Waals surface area contributed by atoms with Gasteiger partial charge in [0, 0.05) is 31.7 Å². The Labute approximate surface area is 136 Å². The Hall–Kier alpha value is -2.13. The molecule has 2 saturated heterocycles. The maximum absolute atomic E-state index is 12.7. The summed E-state index contributed by atoms with van der Waals surface area (Å²) in [5.41, 5.74) is 0.570. The molecule has 0 radical (unpaired) electrons. The number of anilines is 1. The van der Waals surface area contributed by atoms with Crippen LogP contribution >= 0.6 is 0 Å². The standard InChI is InChI=1S/C17H22N4O2/c1-13-12-23-9-8-21(13)17(22)15-4-6-20(7-5-15)16-3-2-14(10-18)11-19-16/h2-3,11,13,15H,4-9,12H2,1H3/t13-/m1/s1. The molecule has 0 aromatic carbocycles. The number of nitrogens with zero attached hydrogens (tertiary/aromatic N) is 4. The number of pyridine rings is 1. The second-order valence-corrected chi connectivity index (χ2v) is 6.23. The largest absolute Gasteiger partial charge is 0.377 e. The van der Waals surface area contributed by atoms with Gasteiger partial charge in [0.2, 0.25) is 5.91 Å². The van der Waals surface area contributed by atoms with E-state index in [1.807, 2.05) is 17.9 Å². The van der Waals surface area contributed by atoms with E-state index in [0.717, 1.165) is 31.7 Å². The molecule has 0 saturated carbocycles. The van der Waals surface area contributed by atoms with Crippen LogP contribution in [0.25, 0.3) is 0 Å². The smallest absolute Gasteiger partial charge is 0.226 e. The molecule has 2 fully saturated rings. The minimum Gasteiger partial charge on any atom is -0.377 e. The fourth-order valence-corrected chi connectivity index (χ4v) is 3.28. The van der Waals surface area contributed by atoms with Gasteiger partial charge in [-0.3, -0.25) is 4.79 Å². The van der Waals surface area contributed by atoms with Gasteiger partial charge >= 0.3 is 0 Å². The lowest BCUT2D eigenvalue weighted by Crippen LogP contribution is -2.51. The van der Waals surface area contributed by atoms with Crippen molar-refractivity contribution in [2.75, 3.05) is 37.7 Å². The van der Waals surface area contributed by atoms with Gasteiger partial charge in [-0.05, 0) is 31.9 Å². The second-order valence-electron chi connectivity index (χ2n) is 6.23. The molecule has 1 atom stereocenters. The van der Waals surface area contributed by atoms with Crippen LogP contribution in [0.3, 0.4) is 0 Å². The predicted molar refractivity (Wildman–Crippen MR) is 85.9 cm³/mol. The lowest BCUT2D eigenvalue weighted by molar-refractivity contribution is -0.144. The molecule has 3 rings (SSSR count). The van der Waals surface area contributed by atoms with Crippen molar-refractivity contribution in [3.8, 4) is 6.07 Å². The Bertz CT molecular complexity index is 588. The number of carbonyl (C=O) groups excluding carboxylic acids is 1. The van der Waals surface area contributed by atoms with Crippen molar-refractivity contribution in [3.63, 3.8) is 0 Å². The number of hydrogen-bond donors (Lipinski definition) is 0. The highest BCUT2D eigenvalue weighted by Gasteiger charge is 2.32. The number of hydrogen-bond acceptors (Lipinski definition) is 5. The zero-order valence-electron chi connectivity index (χ0n) is 13.4. The molecule has 6 nitrogen and oxygen atoms in total. The summed E-state index contributed by atoms with van der Waals surface area (Å²) < 4.78 is 5.41. The van der Waals surface area contributed by atoms with Crippen LogP contribution in [-0.2, 0) is 9.53 Å². The molecule has 0 spiro atoms. The van der Waals surface area contributed by atoms with Crippen molar-refractivity contribution >= 4 is 11.7 Å². The molecule has 1 amide bonds. The Morgan fingerprint density at radius 2 is 2.13 bits per heavy atom. The van der Waals surface area contributed by atoms with Crippen LogP contribution in [0.5, 0.6) is 0 Å². The van der Waals surface area contributed by atoms with Gasteiger partial charge in [-0.2, -0.15) is 5.26 Å². The van der Waals surface area contributed by atoms with Crippen LogP contribution in [0.15, 0.2) is 18.3 Å². The summed E-state index contributed by atoms with van der Waals surface area (Å²) in [5, 5.41) is 8.83. The monoisotopic (exact) mass is 314 g/mol. The summed E-state index contributed by atoms with van der Waals surface area (Å²) in [6, 6.07) is 5.92. The molecule has 1 aromatic heterocycles. The second kappa shape index (κ2) is 6.97. The lowest BCUT2D eigenvalue weighted by atomic mass is 9.94. The third-order valence-electron chi connectivity index (χ3n) is 4.70. The molecule has 0 unspecified atom stereocenters. The van der Waals surface area contributed by atoms with E-state index in [1.54, 1.807) is 12.3 Å². The Morgan fingerprint density at radius 3 is 2.74 bits per heavy atom. The van der Waals surface area contributed by atoms with Gasteiger partial charge in [0.05, 0.1) is 24.8 Å². The van der Waals surface area contributed by atoms with E-state index < -0.39 is 0 Å². The lowest BCUT2D eigenvalue weighted by Gasteiger charge is -2.38. The summed E-state index contributed by atoms with van der Waals surface area (Å²) in [5.74, 6) is 1.26. The van der Waals surface area contributed by atoms with Crippen molar-refractivity contribution in [1.29, 1.82) is 5.26 Å². The molecule has 2 aliphatic heterocycles. The van der Waals surface area contributed by atoms with Crippen LogP contribution in [0, 0.1) is 17.2 Å². The minimum atomic E-state index is 0.102. The Morgan fingerprint density at radius 1 is 1.35 bits per heavy atom. The topological polar surface area (TPSA) is 69.5 Å². The van der Waals surface area contributed by atoms with Gasteiger partial charge < -0.3 is 14.5 Å². The van der Waals surface area contributed by atoms with E-state index in [9.17, 15) is 4.79 Å². The SMILES string of the molecule is C[C@@H]1COCCN1C(=O)C1CCN(c2ccc(C#N)cn2)CC1. The molecule has 3 heterocycles. The van der Waals surface area contributed by atoms with Crippen LogP contribution in [0.2, 0.25) is 0 Å². The number of piperidine rings is 1. The van der Waals surface area contributed by atoms with E-state index in [-0.39, 0.29) is 17.9 Å². The van der Waals surface area contributed by atoms with Gasteiger partial charge in [-0.15, -0.1) is 0 Å². The van der Waals surface area contributed by atoms with Gasteiger partial charge in [0.1, 0.15) is 11.9 Å². The highest BCUT2D eigenvalue weighted by molar-refractivity contribution is 5.79. The van der Waals surface area contributed by atoms with Crippen molar-refractivity contribution in [2.24, 2.45) is 5.92 Å². The number of nitriles is 1. The number of amides is 1. The summed E-state index contributed by atoms with van der Waals surface area (Å²) in [6.07, 6.45) is 3.30. The number of rotatable bonds is 2. The van der Waals surface area contributed by atoms with Crippen molar-refractivity contribution < 1.29 is 9.53 Å².